The lowest BCUT2D eigenvalue weighted by Crippen LogP contribution is -2.37. The highest BCUT2D eigenvalue weighted by Crippen LogP contribution is 2.20. The molecule has 5 heteroatoms. The molecule has 0 spiro atoms. The van der Waals surface area contributed by atoms with Crippen LogP contribution in [0.3, 0.4) is 0 Å². The lowest BCUT2D eigenvalue weighted by Gasteiger charge is -2.22. The van der Waals surface area contributed by atoms with Gasteiger partial charge < -0.3 is 15.0 Å². The van der Waals surface area contributed by atoms with Crippen molar-refractivity contribution in [3.05, 3.63) is 54.1 Å². The van der Waals surface area contributed by atoms with Gasteiger partial charge in [-0.3, -0.25) is 9.59 Å². The van der Waals surface area contributed by atoms with E-state index in [2.05, 4.69) is 5.32 Å². The number of nitrogens with one attached hydrogen (secondary N) is 1. The molecule has 23 heavy (non-hydrogen) atoms. The third-order valence-corrected chi connectivity index (χ3v) is 3.44. The molecule has 0 saturated carbocycles. The van der Waals surface area contributed by atoms with Gasteiger partial charge in [0.15, 0.2) is 0 Å². The number of ether oxygens (including phenoxy) is 1. The lowest BCUT2D eigenvalue weighted by molar-refractivity contribution is -0.120. The van der Waals surface area contributed by atoms with Crippen molar-refractivity contribution < 1.29 is 14.3 Å². The first kappa shape index (κ1) is 16.5. The monoisotopic (exact) mass is 312 g/mol. The minimum Gasteiger partial charge on any atom is -0.497 e. The number of amides is 2. The van der Waals surface area contributed by atoms with Crippen molar-refractivity contribution >= 4 is 23.2 Å². The van der Waals surface area contributed by atoms with E-state index in [1.54, 1.807) is 31.4 Å². The third kappa shape index (κ3) is 4.32. The number of rotatable bonds is 5. The zero-order valence-electron chi connectivity index (χ0n) is 13.5. The number of carbonyl (C=O) groups excluding carboxylic acids is 2. The summed E-state index contributed by atoms with van der Waals surface area (Å²) in [5.74, 6) is 0.210. The first-order valence-electron chi connectivity index (χ1n) is 7.29. The van der Waals surface area contributed by atoms with E-state index in [1.165, 1.54) is 11.8 Å². The van der Waals surface area contributed by atoms with Crippen molar-refractivity contribution in [1.82, 2.24) is 0 Å². The summed E-state index contributed by atoms with van der Waals surface area (Å²) in [6, 6.07) is 14.6. The zero-order chi connectivity index (χ0) is 16.8. The lowest BCUT2D eigenvalue weighted by atomic mass is 10.2. The molecule has 0 radical (unpaired) electrons. The quantitative estimate of drug-likeness (QED) is 0.923. The average Bonchev–Trinajstić information content (AvgIpc) is 2.53. The summed E-state index contributed by atoms with van der Waals surface area (Å²) in [6.07, 6.45) is 0. The van der Waals surface area contributed by atoms with Crippen LogP contribution in [0, 0.1) is 6.92 Å². The first-order valence-corrected chi connectivity index (χ1v) is 7.29. The molecule has 0 aliphatic heterocycles. The molecule has 0 aromatic heterocycles. The standard InChI is InChI=1S/C18H20N2O3/c1-13-7-4-5-10-17(13)20(14(2)21)12-18(22)19-15-8-6-9-16(11-15)23-3/h4-11H,12H2,1-3H3,(H,19,22). The first-order chi connectivity index (χ1) is 11.0. The van der Waals surface area contributed by atoms with Gasteiger partial charge in [0.05, 0.1) is 7.11 Å². The Labute approximate surface area is 135 Å². The molecule has 1 N–H and O–H groups in total. The van der Waals surface area contributed by atoms with E-state index in [1.807, 2.05) is 31.2 Å². The minimum atomic E-state index is -0.267. The summed E-state index contributed by atoms with van der Waals surface area (Å²) in [4.78, 5) is 25.6. The second-order valence-electron chi connectivity index (χ2n) is 5.17. The second kappa shape index (κ2) is 7.45. The Kier molecular flexibility index (Phi) is 5.36. The van der Waals surface area contributed by atoms with Crippen molar-refractivity contribution in [3.63, 3.8) is 0 Å². The molecule has 0 heterocycles. The summed E-state index contributed by atoms with van der Waals surface area (Å²) in [6.45, 7) is 3.31. The van der Waals surface area contributed by atoms with Gasteiger partial charge in [-0.05, 0) is 30.7 Å². The van der Waals surface area contributed by atoms with Crippen LogP contribution in [-0.2, 0) is 9.59 Å². The van der Waals surface area contributed by atoms with Gasteiger partial charge in [0.25, 0.3) is 0 Å². The smallest absolute Gasteiger partial charge is 0.244 e. The van der Waals surface area contributed by atoms with E-state index in [0.29, 0.717) is 11.4 Å². The van der Waals surface area contributed by atoms with Crippen molar-refractivity contribution in [2.45, 2.75) is 13.8 Å². The molecule has 0 unspecified atom stereocenters. The second-order valence-corrected chi connectivity index (χ2v) is 5.17. The Bertz CT molecular complexity index is 713. The predicted octanol–water partition coefficient (Wildman–Crippen LogP) is 3.00. The summed E-state index contributed by atoms with van der Waals surface area (Å²) in [7, 11) is 1.57. The van der Waals surface area contributed by atoms with Crippen LogP contribution in [0.1, 0.15) is 12.5 Å². The van der Waals surface area contributed by atoms with Crippen molar-refractivity contribution in [2.24, 2.45) is 0 Å². The molecule has 0 fully saturated rings. The Morgan fingerprint density at radius 2 is 1.87 bits per heavy atom. The number of nitrogens with zero attached hydrogens (tertiary/aromatic N) is 1. The Morgan fingerprint density at radius 3 is 2.52 bits per heavy atom. The molecule has 0 aliphatic carbocycles. The van der Waals surface area contributed by atoms with E-state index >= 15 is 0 Å². The summed E-state index contributed by atoms with van der Waals surface area (Å²) >= 11 is 0. The zero-order valence-corrected chi connectivity index (χ0v) is 13.5. The van der Waals surface area contributed by atoms with E-state index < -0.39 is 0 Å². The van der Waals surface area contributed by atoms with Gasteiger partial charge in [-0.2, -0.15) is 0 Å². The van der Waals surface area contributed by atoms with Gasteiger partial charge in [-0.15, -0.1) is 0 Å². The molecule has 2 rings (SSSR count). The average molecular weight is 312 g/mol. The topological polar surface area (TPSA) is 58.6 Å². The van der Waals surface area contributed by atoms with Gasteiger partial charge in [0.1, 0.15) is 12.3 Å². The molecule has 5 nitrogen and oxygen atoms in total. The number of para-hydroxylation sites is 1. The van der Waals surface area contributed by atoms with Crippen LogP contribution >= 0.6 is 0 Å². The van der Waals surface area contributed by atoms with E-state index in [9.17, 15) is 9.59 Å². The molecule has 0 bridgehead atoms. The van der Waals surface area contributed by atoms with Gasteiger partial charge in [-0.1, -0.05) is 24.3 Å². The summed E-state index contributed by atoms with van der Waals surface area (Å²) < 4.78 is 5.12. The van der Waals surface area contributed by atoms with Gasteiger partial charge in [-0.25, -0.2) is 0 Å². The van der Waals surface area contributed by atoms with Gasteiger partial charge in [0.2, 0.25) is 11.8 Å². The third-order valence-electron chi connectivity index (χ3n) is 3.44. The van der Waals surface area contributed by atoms with Gasteiger partial charge >= 0.3 is 0 Å². The Hall–Kier alpha value is -2.82. The number of hydrogen-bond acceptors (Lipinski definition) is 3. The highest BCUT2D eigenvalue weighted by Gasteiger charge is 2.17. The SMILES string of the molecule is COc1cccc(NC(=O)CN(C(C)=O)c2ccccc2C)c1. The number of anilines is 2. The highest BCUT2D eigenvalue weighted by atomic mass is 16.5. The number of benzene rings is 2. The maximum absolute atomic E-state index is 12.3. The molecule has 2 aromatic rings. The number of carbonyl (C=O) groups is 2. The van der Waals surface area contributed by atoms with Crippen LogP contribution in [0.2, 0.25) is 0 Å². The molecule has 0 aliphatic rings. The Morgan fingerprint density at radius 1 is 1.13 bits per heavy atom. The molecule has 0 saturated heterocycles. The van der Waals surface area contributed by atoms with Crippen LogP contribution in [0.5, 0.6) is 5.75 Å². The maximum Gasteiger partial charge on any atom is 0.244 e. The Balaban J connectivity index is 2.12. The number of hydrogen-bond donors (Lipinski definition) is 1. The van der Waals surface area contributed by atoms with Crippen LogP contribution in [0.15, 0.2) is 48.5 Å². The van der Waals surface area contributed by atoms with E-state index in [0.717, 1.165) is 11.3 Å². The molecule has 0 atom stereocenters. The maximum atomic E-state index is 12.3. The fraction of sp³-hybridized carbons (Fsp3) is 0.222. The number of aryl methyl sites for hydroxylation is 1. The fourth-order valence-corrected chi connectivity index (χ4v) is 2.28. The van der Waals surface area contributed by atoms with Crippen molar-refractivity contribution in [1.29, 1.82) is 0 Å². The fourth-order valence-electron chi connectivity index (χ4n) is 2.28. The van der Waals surface area contributed by atoms with Gasteiger partial charge in [0, 0.05) is 24.4 Å². The van der Waals surface area contributed by atoms with Crippen molar-refractivity contribution in [2.75, 3.05) is 23.9 Å². The van der Waals surface area contributed by atoms with Crippen LogP contribution in [-0.4, -0.2) is 25.5 Å². The molecule has 2 amide bonds. The van der Waals surface area contributed by atoms with E-state index in [-0.39, 0.29) is 18.4 Å². The molecular formula is C18H20N2O3. The van der Waals surface area contributed by atoms with Crippen LogP contribution < -0.4 is 15.0 Å². The summed E-state index contributed by atoms with van der Waals surface area (Å²) in [5, 5.41) is 2.78. The predicted molar refractivity (Wildman–Crippen MR) is 90.8 cm³/mol. The molecular weight excluding hydrogens is 292 g/mol. The van der Waals surface area contributed by atoms with Crippen molar-refractivity contribution in [3.8, 4) is 5.75 Å². The molecule has 2 aromatic carbocycles. The van der Waals surface area contributed by atoms with Crippen LogP contribution in [0.4, 0.5) is 11.4 Å². The highest BCUT2D eigenvalue weighted by molar-refractivity contribution is 6.02. The van der Waals surface area contributed by atoms with Crippen LogP contribution in [0.25, 0.3) is 0 Å². The largest absolute Gasteiger partial charge is 0.497 e. The minimum absolute atomic E-state index is 0.0442. The molecule has 120 valence electrons. The summed E-state index contributed by atoms with van der Waals surface area (Å²) in [5.41, 5.74) is 2.31. The normalized spacial score (nSPS) is 10.0. The number of methoxy groups -OCH3 is 1. The van der Waals surface area contributed by atoms with E-state index in [4.69, 9.17) is 4.74 Å².